The molecular weight excluding hydrogens is 243 g/mol. The zero-order valence-electron chi connectivity index (χ0n) is 8.27. The molecule has 0 fully saturated rings. The number of aromatic nitrogens is 1. The highest BCUT2D eigenvalue weighted by Gasteiger charge is 1.98. The molecule has 80 valence electrons. The molecule has 0 N–H and O–H groups in total. The van der Waals surface area contributed by atoms with E-state index in [1.165, 1.54) is 0 Å². The molecule has 0 aliphatic rings. The summed E-state index contributed by atoms with van der Waals surface area (Å²) in [6.07, 6.45) is 3.36. The smallest absolute Gasteiger partial charge is 0.0831 e. The molecule has 0 aliphatic heterocycles. The van der Waals surface area contributed by atoms with Crippen LogP contribution < -0.4 is 0 Å². The summed E-state index contributed by atoms with van der Waals surface area (Å²) in [4.78, 5) is 8.35. The lowest BCUT2D eigenvalue weighted by atomic mass is 10.3. The van der Waals surface area contributed by atoms with Crippen LogP contribution in [0, 0.1) is 0 Å². The molecule has 0 amide bonds. The molecule has 1 aromatic carbocycles. The van der Waals surface area contributed by atoms with Crippen molar-refractivity contribution in [1.29, 1.82) is 0 Å². The van der Waals surface area contributed by atoms with Gasteiger partial charge in [0.2, 0.25) is 0 Å². The van der Waals surface area contributed by atoms with E-state index in [1.54, 1.807) is 30.6 Å². The SMILES string of the molecule is Clc1ccc(Cl)c(N=Cc2ccccn2)c1. The first-order valence-electron chi connectivity index (χ1n) is 4.66. The molecule has 1 aromatic heterocycles. The number of halogens is 2. The van der Waals surface area contributed by atoms with E-state index in [2.05, 4.69) is 9.98 Å². The van der Waals surface area contributed by atoms with E-state index in [9.17, 15) is 0 Å². The fourth-order valence-corrected chi connectivity index (χ4v) is 1.51. The molecule has 0 aliphatic carbocycles. The number of pyridine rings is 1. The third-order valence-corrected chi connectivity index (χ3v) is 2.49. The van der Waals surface area contributed by atoms with Gasteiger partial charge in [-0.05, 0) is 30.3 Å². The standard InChI is InChI=1S/C12H8Cl2N2/c13-9-4-5-11(14)12(7-9)16-8-10-3-1-2-6-15-10/h1-8H. The van der Waals surface area contributed by atoms with Gasteiger partial charge in [0, 0.05) is 11.2 Å². The number of aliphatic imine (C=N–C) groups is 1. The molecule has 1 heterocycles. The highest BCUT2D eigenvalue weighted by Crippen LogP contribution is 2.27. The Hall–Kier alpha value is -1.38. The quantitative estimate of drug-likeness (QED) is 0.736. The van der Waals surface area contributed by atoms with Crippen LogP contribution in [-0.2, 0) is 0 Å². The summed E-state index contributed by atoms with van der Waals surface area (Å²) >= 11 is 11.8. The van der Waals surface area contributed by atoms with Crippen LogP contribution >= 0.6 is 23.2 Å². The second-order valence-electron chi connectivity index (χ2n) is 3.11. The molecule has 2 nitrogen and oxygen atoms in total. The fourth-order valence-electron chi connectivity index (χ4n) is 1.17. The Bertz CT molecular complexity index is 510. The number of hydrogen-bond acceptors (Lipinski definition) is 2. The topological polar surface area (TPSA) is 25.2 Å². The van der Waals surface area contributed by atoms with Crippen molar-refractivity contribution in [1.82, 2.24) is 4.98 Å². The van der Waals surface area contributed by atoms with Crippen molar-refractivity contribution in [3.05, 3.63) is 58.3 Å². The van der Waals surface area contributed by atoms with Gasteiger partial charge < -0.3 is 0 Å². The lowest BCUT2D eigenvalue weighted by molar-refractivity contribution is 1.30. The first-order valence-corrected chi connectivity index (χ1v) is 5.41. The van der Waals surface area contributed by atoms with Gasteiger partial charge in [0.15, 0.2) is 0 Å². The van der Waals surface area contributed by atoms with Crippen LogP contribution in [0.1, 0.15) is 5.69 Å². The first kappa shape index (κ1) is 11.1. The Morgan fingerprint density at radius 2 is 2.00 bits per heavy atom. The van der Waals surface area contributed by atoms with Crippen molar-refractivity contribution in [2.45, 2.75) is 0 Å². The summed E-state index contributed by atoms with van der Waals surface area (Å²) < 4.78 is 0. The van der Waals surface area contributed by atoms with E-state index in [1.807, 2.05) is 18.2 Å². The fraction of sp³-hybridized carbons (Fsp3) is 0. The Balaban J connectivity index is 2.27. The van der Waals surface area contributed by atoms with Crippen LogP contribution in [0.3, 0.4) is 0 Å². The highest BCUT2D eigenvalue weighted by molar-refractivity contribution is 6.35. The van der Waals surface area contributed by atoms with Crippen molar-refractivity contribution < 1.29 is 0 Å². The predicted molar refractivity (Wildman–Crippen MR) is 68.0 cm³/mol. The molecule has 0 saturated carbocycles. The van der Waals surface area contributed by atoms with Gasteiger partial charge in [-0.3, -0.25) is 9.98 Å². The molecule has 0 bridgehead atoms. The molecule has 4 heteroatoms. The van der Waals surface area contributed by atoms with Crippen LogP contribution in [0.4, 0.5) is 5.69 Å². The van der Waals surface area contributed by atoms with Crippen molar-refractivity contribution in [2.24, 2.45) is 4.99 Å². The van der Waals surface area contributed by atoms with Gasteiger partial charge in [0.1, 0.15) is 0 Å². The van der Waals surface area contributed by atoms with Gasteiger partial charge in [-0.25, -0.2) is 0 Å². The van der Waals surface area contributed by atoms with E-state index in [0.717, 1.165) is 5.69 Å². The van der Waals surface area contributed by atoms with E-state index in [0.29, 0.717) is 15.7 Å². The van der Waals surface area contributed by atoms with Crippen LogP contribution in [0.15, 0.2) is 47.6 Å². The van der Waals surface area contributed by atoms with Crippen molar-refractivity contribution in [3.63, 3.8) is 0 Å². The Kier molecular flexibility index (Phi) is 3.54. The maximum Gasteiger partial charge on any atom is 0.0831 e. The van der Waals surface area contributed by atoms with Crippen LogP contribution in [0.5, 0.6) is 0 Å². The third kappa shape index (κ3) is 2.81. The summed E-state index contributed by atoms with van der Waals surface area (Å²) in [6.45, 7) is 0. The Morgan fingerprint density at radius 3 is 2.75 bits per heavy atom. The monoisotopic (exact) mass is 250 g/mol. The molecule has 0 radical (unpaired) electrons. The average Bonchev–Trinajstić information content (AvgIpc) is 2.32. The Morgan fingerprint density at radius 1 is 1.12 bits per heavy atom. The number of nitrogens with zero attached hydrogens (tertiary/aromatic N) is 2. The molecule has 0 spiro atoms. The minimum atomic E-state index is 0.566. The maximum absolute atomic E-state index is 5.97. The van der Waals surface area contributed by atoms with Gasteiger partial charge >= 0.3 is 0 Å². The summed E-state index contributed by atoms with van der Waals surface area (Å²) in [7, 11) is 0. The molecule has 0 saturated heterocycles. The van der Waals surface area contributed by atoms with E-state index in [-0.39, 0.29) is 0 Å². The maximum atomic E-state index is 5.97. The zero-order chi connectivity index (χ0) is 11.4. The lowest BCUT2D eigenvalue weighted by Crippen LogP contribution is -1.84. The summed E-state index contributed by atoms with van der Waals surface area (Å²) in [5, 5.41) is 1.18. The third-order valence-electron chi connectivity index (χ3n) is 1.93. The summed E-state index contributed by atoms with van der Waals surface area (Å²) in [6, 6.07) is 10.8. The van der Waals surface area contributed by atoms with Gasteiger partial charge in [-0.15, -0.1) is 0 Å². The molecular formula is C12H8Cl2N2. The molecule has 16 heavy (non-hydrogen) atoms. The lowest BCUT2D eigenvalue weighted by Gasteiger charge is -1.98. The molecule has 0 atom stereocenters. The van der Waals surface area contributed by atoms with Gasteiger partial charge in [-0.2, -0.15) is 0 Å². The molecule has 2 rings (SSSR count). The predicted octanol–water partition coefficient (Wildman–Crippen LogP) is 4.14. The van der Waals surface area contributed by atoms with Crippen LogP contribution in [0.25, 0.3) is 0 Å². The normalized spacial score (nSPS) is 10.9. The summed E-state index contributed by atoms with van der Waals surface area (Å²) in [5.41, 5.74) is 1.42. The second-order valence-corrected chi connectivity index (χ2v) is 3.95. The van der Waals surface area contributed by atoms with Crippen LogP contribution in [-0.4, -0.2) is 11.2 Å². The number of hydrogen-bond donors (Lipinski definition) is 0. The largest absolute Gasteiger partial charge is 0.255 e. The summed E-state index contributed by atoms with van der Waals surface area (Å²) in [5.74, 6) is 0. The number of benzene rings is 1. The van der Waals surface area contributed by atoms with E-state index < -0.39 is 0 Å². The molecule has 0 unspecified atom stereocenters. The van der Waals surface area contributed by atoms with Crippen molar-refractivity contribution >= 4 is 35.1 Å². The van der Waals surface area contributed by atoms with E-state index in [4.69, 9.17) is 23.2 Å². The molecule has 2 aromatic rings. The van der Waals surface area contributed by atoms with E-state index >= 15 is 0 Å². The highest BCUT2D eigenvalue weighted by atomic mass is 35.5. The second kappa shape index (κ2) is 5.10. The minimum absolute atomic E-state index is 0.566. The first-order chi connectivity index (χ1) is 7.75. The minimum Gasteiger partial charge on any atom is -0.255 e. The number of rotatable bonds is 2. The van der Waals surface area contributed by atoms with Gasteiger partial charge in [-0.1, -0.05) is 29.3 Å². The van der Waals surface area contributed by atoms with Gasteiger partial charge in [0.05, 0.1) is 22.6 Å². The average molecular weight is 251 g/mol. The Labute approximate surface area is 104 Å². The van der Waals surface area contributed by atoms with Crippen LogP contribution in [0.2, 0.25) is 10.0 Å². The van der Waals surface area contributed by atoms with Crippen molar-refractivity contribution in [3.8, 4) is 0 Å². The van der Waals surface area contributed by atoms with Crippen molar-refractivity contribution in [2.75, 3.05) is 0 Å². The van der Waals surface area contributed by atoms with Gasteiger partial charge in [0.25, 0.3) is 0 Å². The zero-order valence-corrected chi connectivity index (χ0v) is 9.78.